The zero-order chi connectivity index (χ0) is 10.6. The number of ether oxygens (including phenoxy) is 1. The lowest BCUT2D eigenvalue weighted by Gasteiger charge is -2.10. The van der Waals surface area contributed by atoms with Crippen LogP contribution >= 0.6 is 15.9 Å². The van der Waals surface area contributed by atoms with Crippen LogP contribution in [-0.2, 0) is 0 Å². The van der Waals surface area contributed by atoms with Gasteiger partial charge in [-0.3, -0.25) is 0 Å². The lowest BCUT2D eigenvalue weighted by atomic mass is 10.1. The zero-order valence-corrected chi connectivity index (χ0v) is 9.41. The highest BCUT2D eigenvalue weighted by molar-refractivity contribution is 9.10. The molecular formula is C10H11BrN2O. The summed E-state index contributed by atoms with van der Waals surface area (Å²) in [5.74, 6) is 0.762. The lowest BCUT2D eigenvalue weighted by molar-refractivity contribution is 0.412. The van der Waals surface area contributed by atoms with Gasteiger partial charge in [0, 0.05) is 6.04 Å². The number of nitrogens with two attached hydrogens (primary N) is 1. The molecule has 0 heterocycles. The maximum absolute atomic E-state index is 8.50. The van der Waals surface area contributed by atoms with Gasteiger partial charge in [0.25, 0.3) is 0 Å². The third-order valence-corrected chi connectivity index (χ3v) is 2.53. The van der Waals surface area contributed by atoms with Gasteiger partial charge in [-0.1, -0.05) is 6.07 Å². The summed E-state index contributed by atoms with van der Waals surface area (Å²) in [7, 11) is 1.61. The third kappa shape index (κ3) is 2.47. The molecule has 0 unspecified atom stereocenters. The average molecular weight is 255 g/mol. The van der Waals surface area contributed by atoms with Gasteiger partial charge in [0.05, 0.1) is 24.1 Å². The summed E-state index contributed by atoms with van der Waals surface area (Å²) in [6.45, 7) is 0. The molecule has 2 N–H and O–H groups in total. The van der Waals surface area contributed by atoms with Crippen LogP contribution in [0.25, 0.3) is 0 Å². The molecule has 0 fully saturated rings. The Morgan fingerprint density at radius 1 is 1.64 bits per heavy atom. The molecule has 74 valence electrons. The lowest BCUT2D eigenvalue weighted by Crippen LogP contribution is -2.09. The number of hydrogen-bond donors (Lipinski definition) is 1. The Bertz CT molecular complexity index is 360. The van der Waals surface area contributed by atoms with Crippen molar-refractivity contribution in [3.63, 3.8) is 0 Å². The van der Waals surface area contributed by atoms with Crippen molar-refractivity contribution in [3.05, 3.63) is 28.2 Å². The van der Waals surface area contributed by atoms with E-state index in [2.05, 4.69) is 15.9 Å². The Morgan fingerprint density at radius 3 is 2.86 bits per heavy atom. The van der Waals surface area contributed by atoms with Gasteiger partial charge in [-0.25, -0.2) is 0 Å². The number of nitriles is 1. The van der Waals surface area contributed by atoms with Crippen LogP contribution in [0.5, 0.6) is 5.75 Å². The first-order valence-corrected chi connectivity index (χ1v) is 4.94. The molecule has 1 aromatic carbocycles. The van der Waals surface area contributed by atoms with Gasteiger partial charge >= 0.3 is 0 Å². The first-order chi connectivity index (χ1) is 6.69. The molecule has 0 radical (unpaired) electrons. The second-order valence-corrected chi connectivity index (χ2v) is 3.72. The van der Waals surface area contributed by atoms with Gasteiger partial charge in [-0.15, -0.1) is 0 Å². The Hall–Kier alpha value is -1.05. The van der Waals surface area contributed by atoms with Gasteiger partial charge in [-0.2, -0.15) is 5.26 Å². The van der Waals surface area contributed by atoms with E-state index >= 15 is 0 Å². The summed E-state index contributed by atoms with van der Waals surface area (Å²) in [5.41, 5.74) is 6.71. The first kappa shape index (κ1) is 11.0. The molecule has 0 bridgehead atoms. The molecule has 0 aliphatic carbocycles. The topological polar surface area (TPSA) is 59.0 Å². The Balaban J connectivity index is 2.92. The van der Waals surface area contributed by atoms with Gasteiger partial charge in [0.2, 0.25) is 0 Å². The van der Waals surface area contributed by atoms with Crippen LogP contribution in [0.15, 0.2) is 22.7 Å². The van der Waals surface area contributed by atoms with Crippen molar-refractivity contribution in [2.75, 3.05) is 7.11 Å². The van der Waals surface area contributed by atoms with Gasteiger partial charge < -0.3 is 10.5 Å². The highest BCUT2D eigenvalue weighted by Gasteiger charge is 2.07. The number of benzene rings is 1. The molecule has 14 heavy (non-hydrogen) atoms. The fraction of sp³-hybridized carbons (Fsp3) is 0.300. The van der Waals surface area contributed by atoms with Gasteiger partial charge in [0.15, 0.2) is 0 Å². The molecule has 0 spiro atoms. The molecule has 1 rings (SSSR count). The highest BCUT2D eigenvalue weighted by atomic mass is 79.9. The fourth-order valence-electron chi connectivity index (χ4n) is 1.13. The van der Waals surface area contributed by atoms with Crippen LogP contribution in [-0.4, -0.2) is 7.11 Å². The molecule has 1 atom stereocenters. The average Bonchev–Trinajstić information content (AvgIpc) is 2.18. The van der Waals surface area contributed by atoms with Crippen LogP contribution < -0.4 is 10.5 Å². The van der Waals surface area contributed by atoms with E-state index in [4.69, 9.17) is 15.7 Å². The van der Waals surface area contributed by atoms with Crippen LogP contribution in [0.4, 0.5) is 0 Å². The Kier molecular flexibility index (Phi) is 3.93. The van der Waals surface area contributed by atoms with Gasteiger partial charge in [-0.05, 0) is 33.6 Å². The van der Waals surface area contributed by atoms with E-state index < -0.39 is 0 Å². The van der Waals surface area contributed by atoms with Crippen molar-refractivity contribution in [2.24, 2.45) is 5.73 Å². The summed E-state index contributed by atoms with van der Waals surface area (Å²) in [4.78, 5) is 0. The number of rotatable bonds is 3. The molecule has 4 heteroatoms. The van der Waals surface area contributed by atoms with E-state index in [1.54, 1.807) is 7.11 Å². The maximum atomic E-state index is 8.50. The maximum Gasteiger partial charge on any atom is 0.133 e. The highest BCUT2D eigenvalue weighted by Crippen LogP contribution is 2.28. The summed E-state index contributed by atoms with van der Waals surface area (Å²) < 4.78 is 5.94. The summed E-state index contributed by atoms with van der Waals surface area (Å²) in [6, 6.07) is 7.38. The molecule has 0 amide bonds. The van der Waals surface area contributed by atoms with E-state index in [0.29, 0.717) is 6.42 Å². The smallest absolute Gasteiger partial charge is 0.133 e. The molecule has 0 saturated heterocycles. The SMILES string of the molecule is COc1ccc([C@H](N)CC#N)cc1Br. The van der Waals surface area contributed by atoms with E-state index in [-0.39, 0.29) is 6.04 Å². The van der Waals surface area contributed by atoms with Crippen molar-refractivity contribution in [1.82, 2.24) is 0 Å². The molecule has 0 aliphatic rings. The van der Waals surface area contributed by atoms with Crippen molar-refractivity contribution < 1.29 is 4.74 Å². The van der Waals surface area contributed by atoms with Crippen LogP contribution in [0.2, 0.25) is 0 Å². The second-order valence-electron chi connectivity index (χ2n) is 2.86. The Morgan fingerprint density at radius 2 is 2.36 bits per heavy atom. The van der Waals surface area contributed by atoms with E-state index in [9.17, 15) is 0 Å². The summed E-state index contributed by atoms with van der Waals surface area (Å²) in [6.07, 6.45) is 0.318. The first-order valence-electron chi connectivity index (χ1n) is 4.15. The quantitative estimate of drug-likeness (QED) is 0.901. The number of nitrogens with zero attached hydrogens (tertiary/aromatic N) is 1. The van der Waals surface area contributed by atoms with Crippen molar-refractivity contribution >= 4 is 15.9 Å². The van der Waals surface area contributed by atoms with E-state index in [1.165, 1.54) is 0 Å². The van der Waals surface area contributed by atoms with Crippen molar-refractivity contribution in [2.45, 2.75) is 12.5 Å². The van der Waals surface area contributed by atoms with Crippen molar-refractivity contribution in [1.29, 1.82) is 5.26 Å². The normalized spacial score (nSPS) is 11.9. The fourth-order valence-corrected chi connectivity index (χ4v) is 1.69. The van der Waals surface area contributed by atoms with Gasteiger partial charge in [0.1, 0.15) is 5.75 Å². The number of halogens is 1. The number of methoxy groups -OCH3 is 1. The number of hydrogen-bond acceptors (Lipinski definition) is 3. The zero-order valence-electron chi connectivity index (χ0n) is 7.83. The standard InChI is InChI=1S/C10H11BrN2O/c1-14-10-3-2-7(6-8(10)11)9(13)4-5-12/h2-3,6,9H,4,13H2,1H3/t9-/m1/s1. The summed E-state index contributed by atoms with van der Waals surface area (Å²) >= 11 is 3.36. The minimum atomic E-state index is -0.234. The second kappa shape index (κ2) is 4.99. The Labute approximate surface area is 91.6 Å². The molecule has 0 aromatic heterocycles. The van der Waals surface area contributed by atoms with E-state index in [1.807, 2.05) is 24.3 Å². The van der Waals surface area contributed by atoms with Crippen LogP contribution in [0.1, 0.15) is 18.0 Å². The van der Waals surface area contributed by atoms with Crippen molar-refractivity contribution in [3.8, 4) is 11.8 Å². The molecule has 0 aliphatic heterocycles. The minimum Gasteiger partial charge on any atom is -0.496 e. The molecule has 1 aromatic rings. The molecular weight excluding hydrogens is 244 g/mol. The minimum absolute atomic E-state index is 0.234. The molecule has 0 saturated carbocycles. The summed E-state index contributed by atoms with van der Waals surface area (Å²) in [5, 5.41) is 8.50. The monoisotopic (exact) mass is 254 g/mol. The predicted molar refractivity (Wildman–Crippen MR) is 57.9 cm³/mol. The van der Waals surface area contributed by atoms with Crippen LogP contribution in [0, 0.1) is 11.3 Å². The van der Waals surface area contributed by atoms with Crippen LogP contribution in [0.3, 0.4) is 0 Å². The van der Waals surface area contributed by atoms with E-state index in [0.717, 1.165) is 15.8 Å². The predicted octanol–water partition coefficient (Wildman–Crippen LogP) is 2.37. The molecule has 3 nitrogen and oxygen atoms in total. The largest absolute Gasteiger partial charge is 0.496 e. The third-order valence-electron chi connectivity index (χ3n) is 1.92.